The number of nitrogen functional groups attached to an aromatic ring is 1. The molecule has 3 atom stereocenters. The Kier molecular flexibility index (Phi) is 8.08. The van der Waals surface area contributed by atoms with Gasteiger partial charge in [0, 0.05) is 13.1 Å². The number of nitrogens with two attached hydrogens (primary N) is 1. The lowest BCUT2D eigenvalue weighted by Gasteiger charge is -2.42. The van der Waals surface area contributed by atoms with Crippen molar-refractivity contribution in [1.29, 1.82) is 0 Å². The van der Waals surface area contributed by atoms with Crippen LogP contribution in [0.15, 0.2) is 47.4 Å². The summed E-state index contributed by atoms with van der Waals surface area (Å²) >= 11 is 12.2. The molecule has 0 bridgehead atoms. The molecule has 6 nitrogen and oxygen atoms in total. The molecule has 9 heteroatoms. The molecule has 0 aromatic heterocycles. The van der Waals surface area contributed by atoms with Crippen LogP contribution in [-0.2, 0) is 21.2 Å². The number of sulfonamides is 1. The fraction of sp³-hybridized carbons (Fsp3) is 0.480. The summed E-state index contributed by atoms with van der Waals surface area (Å²) in [6.07, 6.45) is 6.74. The Bertz CT molecular complexity index is 1100. The van der Waals surface area contributed by atoms with E-state index in [0.717, 1.165) is 18.4 Å². The van der Waals surface area contributed by atoms with Gasteiger partial charge in [-0.25, -0.2) is 8.42 Å². The van der Waals surface area contributed by atoms with E-state index in [1.807, 2.05) is 35.2 Å². The summed E-state index contributed by atoms with van der Waals surface area (Å²) in [6, 6.07) is 11.4. The Hall–Kier alpha value is -1.80. The van der Waals surface area contributed by atoms with E-state index in [4.69, 9.17) is 28.9 Å². The molecule has 0 spiro atoms. The first-order chi connectivity index (χ1) is 16.2. The van der Waals surface area contributed by atoms with Crippen LogP contribution < -0.4 is 10.5 Å². The average Bonchev–Trinajstić information content (AvgIpc) is 2.84. The summed E-state index contributed by atoms with van der Waals surface area (Å²) in [7, 11) is -4.05. The standard InChI is InChI=1S/C25H31Cl2N3O3S/c26-21-14-20(15-22(27)24(21)28)34(32,33)29-23(11-10-17-6-2-1-3-7-17)25(31)30-13-12-18-8-4-5-9-19(18)16-30/h1-3,6-7,14-15,18-19,23,29H,4-5,8-13,16,28H2/t18-,19+,23+/m1/s1. The van der Waals surface area contributed by atoms with Crippen molar-refractivity contribution in [2.24, 2.45) is 11.8 Å². The van der Waals surface area contributed by atoms with Crippen LogP contribution in [0.5, 0.6) is 0 Å². The number of likely N-dealkylation sites (tertiary alicyclic amines) is 1. The Morgan fingerprint density at radius 2 is 1.71 bits per heavy atom. The number of nitrogens with zero attached hydrogens (tertiary/aromatic N) is 1. The molecule has 184 valence electrons. The SMILES string of the molecule is Nc1c(Cl)cc(S(=O)(=O)N[C@@H](CCc2ccccc2)C(=O)N2CC[C@H]3CCCC[C@H]3C2)cc1Cl. The van der Waals surface area contributed by atoms with Gasteiger partial charge in [-0.2, -0.15) is 4.72 Å². The van der Waals surface area contributed by atoms with Gasteiger partial charge in [0.15, 0.2) is 0 Å². The van der Waals surface area contributed by atoms with Crippen molar-refractivity contribution in [1.82, 2.24) is 9.62 Å². The monoisotopic (exact) mass is 523 g/mol. The number of piperidine rings is 1. The van der Waals surface area contributed by atoms with Crippen LogP contribution in [0.4, 0.5) is 5.69 Å². The zero-order valence-electron chi connectivity index (χ0n) is 19.1. The van der Waals surface area contributed by atoms with E-state index >= 15 is 0 Å². The predicted molar refractivity (Wildman–Crippen MR) is 136 cm³/mol. The number of carbonyl (C=O) groups excluding carboxylic acids is 1. The van der Waals surface area contributed by atoms with Crippen LogP contribution in [-0.4, -0.2) is 38.4 Å². The lowest BCUT2D eigenvalue weighted by atomic mass is 9.75. The number of aryl methyl sites for hydroxylation is 1. The van der Waals surface area contributed by atoms with Gasteiger partial charge in [0.2, 0.25) is 15.9 Å². The molecule has 1 amide bonds. The largest absolute Gasteiger partial charge is 0.396 e. The van der Waals surface area contributed by atoms with Crippen molar-refractivity contribution >= 4 is 44.8 Å². The highest BCUT2D eigenvalue weighted by Gasteiger charge is 2.36. The van der Waals surface area contributed by atoms with Crippen LogP contribution in [0.3, 0.4) is 0 Å². The molecule has 0 unspecified atom stereocenters. The van der Waals surface area contributed by atoms with E-state index in [2.05, 4.69) is 4.72 Å². The van der Waals surface area contributed by atoms with Gasteiger partial charge < -0.3 is 10.6 Å². The van der Waals surface area contributed by atoms with Crippen LogP contribution in [0.1, 0.15) is 44.1 Å². The predicted octanol–water partition coefficient (Wildman–Crippen LogP) is 4.89. The number of carbonyl (C=O) groups is 1. The fourth-order valence-corrected chi connectivity index (χ4v) is 7.07. The number of anilines is 1. The van der Waals surface area contributed by atoms with Gasteiger partial charge in [0.1, 0.15) is 6.04 Å². The van der Waals surface area contributed by atoms with Gasteiger partial charge in [-0.15, -0.1) is 0 Å². The van der Waals surface area contributed by atoms with Gasteiger partial charge in [-0.05, 0) is 55.2 Å². The van der Waals surface area contributed by atoms with Crippen molar-refractivity contribution in [3.05, 3.63) is 58.1 Å². The van der Waals surface area contributed by atoms with Crippen molar-refractivity contribution in [2.45, 2.75) is 55.9 Å². The maximum absolute atomic E-state index is 13.6. The number of amides is 1. The maximum atomic E-state index is 13.6. The van der Waals surface area contributed by atoms with Crippen LogP contribution in [0.25, 0.3) is 0 Å². The summed E-state index contributed by atoms with van der Waals surface area (Å²) in [6.45, 7) is 1.37. The lowest BCUT2D eigenvalue weighted by molar-refractivity contribution is -0.136. The van der Waals surface area contributed by atoms with Gasteiger partial charge in [0.05, 0.1) is 20.6 Å². The van der Waals surface area contributed by atoms with Crippen LogP contribution in [0, 0.1) is 11.8 Å². The quantitative estimate of drug-likeness (QED) is 0.505. The molecular weight excluding hydrogens is 493 g/mol. The van der Waals surface area contributed by atoms with E-state index in [1.54, 1.807) is 0 Å². The number of hydrogen-bond donors (Lipinski definition) is 2. The Labute approximate surface area is 211 Å². The molecule has 2 aliphatic rings. The first kappa shape index (κ1) is 25.3. The lowest BCUT2D eigenvalue weighted by Crippen LogP contribution is -2.53. The number of benzene rings is 2. The molecule has 0 radical (unpaired) electrons. The molecule has 34 heavy (non-hydrogen) atoms. The molecule has 2 aromatic rings. The van der Waals surface area contributed by atoms with Crippen LogP contribution >= 0.6 is 23.2 Å². The number of halogens is 2. The third kappa shape index (κ3) is 5.88. The highest BCUT2D eigenvalue weighted by Crippen LogP contribution is 2.36. The molecule has 1 saturated carbocycles. The molecule has 2 fully saturated rings. The van der Waals surface area contributed by atoms with Crippen molar-refractivity contribution in [3.8, 4) is 0 Å². The summed E-state index contributed by atoms with van der Waals surface area (Å²) in [5.41, 5.74) is 6.93. The summed E-state index contributed by atoms with van der Waals surface area (Å²) in [5.74, 6) is 1.01. The minimum atomic E-state index is -4.05. The van der Waals surface area contributed by atoms with Crippen molar-refractivity contribution in [2.75, 3.05) is 18.8 Å². The summed E-state index contributed by atoms with van der Waals surface area (Å²) in [5, 5.41) is 0.110. The Morgan fingerprint density at radius 1 is 1.06 bits per heavy atom. The highest BCUT2D eigenvalue weighted by atomic mass is 35.5. The first-order valence-corrected chi connectivity index (χ1v) is 14.1. The van der Waals surface area contributed by atoms with Crippen molar-refractivity contribution < 1.29 is 13.2 Å². The van der Waals surface area contributed by atoms with Crippen molar-refractivity contribution in [3.63, 3.8) is 0 Å². The normalized spacial score (nSPS) is 21.6. The number of fused-ring (bicyclic) bond motifs is 1. The smallest absolute Gasteiger partial charge is 0.241 e. The Morgan fingerprint density at radius 3 is 2.38 bits per heavy atom. The second-order valence-corrected chi connectivity index (χ2v) is 11.9. The van der Waals surface area contributed by atoms with E-state index < -0.39 is 16.1 Å². The van der Waals surface area contributed by atoms with E-state index in [9.17, 15) is 13.2 Å². The van der Waals surface area contributed by atoms with E-state index in [0.29, 0.717) is 37.8 Å². The minimum Gasteiger partial charge on any atom is -0.396 e. The molecule has 3 N–H and O–H groups in total. The average molecular weight is 525 g/mol. The van der Waals surface area contributed by atoms with E-state index in [-0.39, 0.29) is 26.5 Å². The molecule has 1 heterocycles. The second-order valence-electron chi connectivity index (χ2n) is 9.38. The van der Waals surface area contributed by atoms with Crippen LogP contribution in [0.2, 0.25) is 10.0 Å². The summed E-state index contributed by atoms with van der Waals surface area (Å²) in [4.78, 5) is 15.4. The molecule has 1 aliphatic carbocycles. The number of hydrogen-bond acceptors (Lipinski definition) is 4. The Balaban J connectivity index is 1.55. The molecule has 1 aliphatic heterocycles. The summed E-state index contributed by atoms with van der Waals surface area (Å²) < 4.78 is 29.1. The molecular formula is C25H31Cl2N3O3S. The number of rotatable bonds is 7. The third-order valence-corrected chi connectivity index (χ3v) is 9.20. The minimum absolute atomic E-state index is 0.0550. The first-order valence-electron chi connectivity index (χ1n) is 11.8. The molecule has 2 aromatic carbocycles. The second kappa shape index (κ2) is 10.9. The molecule has 4 rings (SSSR count). The molecule has 1 saturated heterocycles. The number of nitrogens with one attached hydrogen (secondary N) is 1. The fourth-order valence-electron chi connectivity index (χ4n) is 5.18. The highest BCUT2D eigenvalue weighted by molar-refractivity contribution is 7.89. The topological polar surface area (TPSA) is 92.5 Å². The van der Waals surface area contributed by atoms with Gasteiger partial charge >= 0.3 is 0 Å². The zero-order chi connectivity index (χ0) is 24.3. The zero-order valence-corrected chi connectivity index (χ0v) is 21.4. The van der Waals surface area contributed by atoms with Gasteiger partial charge in [-0.1, -0.05) is 72.8 Å². The maximum Gasteiger partial charge on any atom is 0.241 e. The van der Waals surface area contributed by atoms with E-state index in [1.165, 1.54) is 31.4 Å². The van der Waals surface area contributed by atoms with Gasteiger partial charge in [0.25, 0.3) is 0 Å². The van der Waals surface area contributed by atoms with Gasteiger partial charge in [-0.3, -0.25) is 4.79 Å². The third-order valence-electron chi connectivity index (χ3n) is 7.13.